The average molecular weight is 1940 g/mol. The average Bonchev–Trinajstić information content (AvgIpc) is 1.45. The van der Waals surface area contributed by atoms with Crippen molar-refractivity contribution in [1.82, 2.24) is 59.4 Å². The number of fused-ring (bicyclic) bond motifs is 3. The van der Waals surface area contributed by atoms with Crippen LogP contribution in [0.15, 0.2) is 168 Å². The smallest absolute Gasteiger partial charge is 0.471 e. The summed E-state index contributed by atoms with van der Waals surface area (Å²) < 4.78 is 56.4. The molecule has 30 nitrogen and oxygen atoms in total. The Morgan fingerprint density at radius 1 is 0.468 bits per heavy atom. The van der Waals surface area contributed by atoms with Crippen LogP contribution in [0, 0.1) is 11.3 Å². The van der Waals surface area contributed by atoms with Crippen LogP contribution < -0.4 is 25.8 Å². The minimum atomic E-state index is -4.88. The molecule has 38 heteroatoms. The highest BCUT2D eigenvalue weighted by Crippen LogP contribution is 2.34. The van der Waals surface area contributed by atoms with Crippen LogP contribution in [0.2, 0.25) is 0 Å². The number of anilines is 3. The summed E-state index contributed by atoms with van der Waals surface area (Å²) in [4.78, 5) is 147. The van der Waals surface area contributed by atoms with Gasteiger partial charge in [0.1, 0.15) is 40.1 Å². The first kappa shape index (κ1) is 96.6. The normalized spacial score (nSPS) is 15.9. The van der Waals surface area contributed by atoms with Crippen LogP contribution >= 0.6 is 71.0 Å². The number of nitriles is 1. The number of methoxy groups -OCH3 is 2. The Labute approximate surface area is 749 Å². The first-order valence-corrected chi connectivity index (χ1v) is 42.2. The van der Waals surface area contributed by atoms with Crippen molar-refractivity contribution in [3.05, 3.63) is 196 Å². The highest BCUT2D eigenvalue weighted by atomic mass is 79.9. The lowest BCUT2D eigenvalue weighted by molar-refractivity contribution is -0.187. The molecule has 3 aromatic heterocycles. The van der Waals surface area contributed by atoms with E-state index in [1.54, 1.807) is 102 Å². The second-order valence-corrected chi connectivity index (χ2v) is 33.4. The molecule has 3 fully saturated rings. The number of aromatic nitrogens is 3. The number of nitrogens with zero attached hydrogens (tertiary/aromatic N) is 13. The van der Waals surface area contributed by atoms with Crippen molar-refractivity contribution < 1.29 is 80.4 Å². The van der Waals surface area contributed by atoms with Crippen LogP contribution in [-0.4, -0.2) is 234 Å². The number of carboxylic acids is 1. The molecule has 9 amide bonds. The minimum Gasteiger partial charge on any atom is -0.496 e. The Morgan fingerprint density at radius 2 is 0.750 bits per heavy atom. The number of para-hydroxylation sites is 2. The lowest BCUT2D eigenvalue weighted by atomic mass is 10.1. The zero-order valence-corrected chi connectivity index (χ0v) is 76.2. The van der Waals surface area contributed by atoms with E-state index in [0.29, 0.717) is 140 Å². The number of aromatic carboxylic acids is 1. The van der Waals surface area contributed by atoms with Crippen LogP contribution in [0.3, 0.4) is 0 Å². The third kappa shape index (κ3) is 24.2. The number of amides is 9. The predicted molar refractivity (Wildman–Crippen MR) is 473 cm³/mol. The summed E-state index contributed by atoms with van der Waals surface area (Å²) in [7, 11) is 3.01. The van der Waals surface area contributed by atoms with Crippen LogP contribution in [0.4, 0.5) is 35.4 Å². The summed E-state index contributed by atoms with van der Waals surface area (Å²) in [5.41, 5.74) is 16.2. The lowest BCUT2D eigenvalue weighted by Gasteiger charge is -2.35. The molecule has 0 saturated carbocycles. The largest absolute Gasteiger partial charge is 0.496 e. The van der Waals surface area contributed by atoms with Gasteiger partial charge in [0, 0.05) is 168 Å². The molecule has 0 unspecified atom stereocenters. The van der Waals surface area contributed by atoms with Crippen molar-refractivity contribution in [3.63, 3.8) is 0 Å². The van der Waals surface area contributed by atoms with E-state index in [-0.39, 0.29) is 78.5 Å². The maximum absolute atomic E-state index is 13.1. The zero-order chi connectivity index (χ0) is 90.9. The van der Waals surface area contributed by atoms with Gasteiger partial charge in [-0.05, 0) is 158 Å². The summed E-state index contributed by atoms with van der Waals surface area (Å²) in [6.07, 6.45) is -5.17. The first-order valence-electron chi connectivity index (χ1n) is 38.7. The molecule has 6 aliphatic heterocycles. The Morgan fingerprint density at radius 3 is 1.03 bits per heavy atom. The number of ether oxygens (including phenoxy) is 3. The molecule has 656 valence electrons. The monoisotopic (exact) mass is 1940 g/mol. The fourth-order valence-electron chi connectivity index (χ4n) is 13.6. The van der Waals surface area contributed by atoms with Gasteiger partial charge < -0.3 is 34.0 Å². The molecule has 14 rings (SSSR count). The van der Waals surface area contributed by atoms with Gasteiger partial charge in [-0.3, -0.25) is 69.3 Å². The molecule has 0 radical (unpaired) electrons. The van der Waals surface area contributed by atoms with Gasteiger partial charge >= 0.3 is 24.1 Å². The molecule has 5 aromatic carbocycles. The van der Waals surface area contributed by atoms with Gasteiger partial charge in [-0.1, -0.05) is 90.3 Å². The summed E-state index contributed by atoms with van der Waals surface area (Å²) in [6, 6.07) is 38.3. The number of benzene rings is 5. The minimum absolute atomic E-state index is 0.0288. The standard InChI is InChI=1S/C28H28BrN5O4.C25H30BrN5O4.C22H21BrF3N5O3.C8H8O3.C2H3N.CH2Cl2/c1-17-18(2)27(36)34(26(17)35)31-25-14-19(21-9-8-20(29)15-23(21)30-25)16-32-10-12-33(13-11-32)28(37)22-6-4-5-7-24(22)38-3;1-15-16(2)23(33)31(22(15)32)28-21-12-17(19-7-6-18(26)13-20(19)27-21)14-29-8-10-30(11-9-29)24(34)35-25(3,4)5;1-12-13(2)20(33)31(19(12)32)28-18-9-14(16-4-3-15(23)10-17(16)27-18)11-29-5-7-30(8-6-29)21(34)22(24,25)26;1-11-7-5-3-2-4-6(7)8(9)10;1-2-3;2-1-3/h4-9,14-15H,10-13,16H2,1-3H3,(H,30,31);6-7,12-13H,8-11,14H2,1-5H3,(H,27,28);3-4,9-10H,5-8,11H2,1-2H3,(H,27,28);2-5H,1H3,(H,9,10);1H3;1H2. The highest BCUT2D eigenvalue weighted by Gasteiger charge is 2.44. The van der Waals surface area contributed by atoms with E-state index in [1.807, 2.05) is 103 Å². The Kier molecular flexibility index (Phi) is 33.5. The number of carbonyl (C=O) groups is 10. The van der Waals surface area contributed by atoms with Crippen LogP contribution in [0.25, 0.3) is 32.7 Å². The quantitative estimate of drug-likeness (QED) is 0.0515. The molecular formula is C86H92Br3Cl2F3N16O14. The van der Waals surface area contributed by atoms with E-state index in [1.165, 1.54) is 20.1 Å². The van der Waals surface area contributed by atoms with Crippen molar-refractivity contribution in [3.8, 4) is 17.6 Å². The summed E-state index contributed by atoms with van der Waals surface area (Å²) in [5, 5.41) is 21.9. The summed E-state index contributed by atoms with van der Waals surface area (Å²) in [5.74, 6) is -3.14. The fraction of sp³-hybridized carbons (Fsp3) is 0.349. The third-order valence-corrected chi connectivity index (χ3v) is 22.0. The first-order chi connectivity index (χ1) is 58.7. The molecule has 4 N–H and O–H groups in total. The molecule has 3 saturated heterocycles. The lowest BCUT2D eigenvalue weighted by Crippen LogP contribution is -2.52. The second-order valence-electron chi connectivity index (χ2n) is 29.8. The van der Waals surface area contributed by atoms with Crippen LogP contribution in [-0.2, 0) is 57.9 Å². The van der Waals surface area contributed by atoms with E-state index in [9.17, 15) is 61.1 Å². The number of imide groups is 3. The van der Waals surface area contributed by atoms with Gasteiger partial charge in [-0.25, -0.2) is 24.5 Å². The van der Waals surface area contributed by atoms with Crippen molar-refractivity contribution in [2.24, 2.45) is 0 Å². The molecular weight excluding hydrogens is 1850 g/mol. The van der Waals surface area contributed by atoms with Crippen LogP contribution in [0.5, 0.6) is 11.5 Å². The number of carbonyl (C=O) groups excluding carboxylic acids is 9. The topological polar surface area (TPSA) is 346 Å². The summed E-state index contributed by atoms with van der Waals surface area (Å²) in [6.45, 7) is 24.1. The SMILES string of the molecule is CC#N.CC1=C(C)C(=O)N(Nc2cc(CN3CCN(C(=O)C(F)(F)F)CC3)c3ccc(Br)cc3n2)C1=O.CC1=C(C)C(=O)N(Nc2cc(CN3CCN(C(=O)OC(C)(C)C)CC3)c3ccc(Br)cc3n2)C1=O.COc1ccccc1C(=O)N1CCN(Cc2cc(NN3C(=O)C(C)=C(C)C3=O)nc3cc(Br)ccc23)CC1.COc1ccccc1C(=O)O.ClCCl. The zero-order valence-electron chi connectivity index (χ0n) is 70.0. The van der Waals surface area contributed by atoms with Crippen molar-refractivity contribution in [2.75, 3.05) is 114 Å². The predicted octanol–water partition coefficient (Wildman–Crippen LogP) is 14.7. The number of nitrogens with one attached hydrogen (secondary N) is 3. The number of hydrazine groups is 3. The Hall–Kier alpha value is -11.2. The molecule has 9 heterocycles. The molecule has 0 aliphatic carbocycles. The van der Waals surface area contributed by atoms with Gasteiger partial charge in [0.15, 0.2) is 0 Å². The molecule has 6 aliphatic rings. The van der Waals surface area contributed by atoms with Crippen molar-refractivity contribution >= 4 is 180 Å². The number of alkyl halides is 5. The molecule has 0 bridgehead atoms. The van der Waals surface area contributed by atoms with E-state index in [2.05, 4.69) is 88.8 Å². The van der Waals surface area contributed by atoms with E-state index in [4.69, 9.17) is 47.8 Å². The Bertz CT molecular complexity index is 5520. The fourth-order valence-corrected chi connectivity index (χ4v) is 14.7. The Balaban J connectivity index is 0.000000192. The second kappa shape index (κ2) is 43.0. The van der Waals surface area contributed by atoms with Gasteiger partial charge in [-0.2, -0.15) is 33.5 Å². The van der Waals surface area contributed by atoms with Gasteiger partial charge in [0.25, 0.3) is 41.4 Å². The number of hydrogen-bond acceptors (Lipinski definition) is 23. The van der Waals surface area contributed by atoms with E-state index in [0.717, 1.165) is 77.2 Å². The van der Waals surface area contributed by atoms with Crippen molar-refractivity contribution in [1.29, 1.82) is 5.26 Å². The number of piperazine rings is 3. The van der Waals surface area contributed by atoms with Crippen molar-refractivity contribution in [2.45, 2.75) is 101 Å². The third-order valence-electron chi connectivity index (χ3n) is 20.5. The van der Waals surface area contributed by atoms with E-state index < -0.39 is 35.5 Å². The summed E-state index contributed by atoms with van der Waals surface area (Å²) >= 11 is 20.0. The van der Waals surface area contributed by atoms with Gasteiger partial charge in [-0.15, -0.1) is 23.2 Å². The van der Waals surface area contributed by atoms with Crippen LogP contribution in [0.1, 0.15) is 107 Å². The molecule has 0 spiro atoms. The molecule has 8 aromatic rings. The number of halogens is 8. The molecule has 0 atom stereocenters. The maximum atomic E-state index is 13.1. The van der Waals surface area contributed by atoms with Gasteiger partial charge in [0.05, 0.1) is 47.7 Å². The van der Waals surface area contributed by atoms with E-state index >= 15 is 0 Å². The molecule has 124 heavy (non-hydrogen) atoms. The maximum Gasteiger partial charge on any atom is 0.471 e. The van der Waals surface area contributed by atoms with Gasteiger partial charge in [0.2, 0.25) is 0 Å². The number of carboxylic acid groups (broad SMARTS) is 1. The highest BCUT2D eigenvalue weighted by molar-refractivity contribution is 9.11. The number of pyridine rings is 3. The number of rotatable bonds is 16. The number of hydrogen-bond donors (Lipinski definition) is 4.